The zero-order valence-corrected chi connectivity index (χ0v) is 8.71. The van der Waals surface area contributed by atoms with E-state index in [1.165, 1.54) is 0 Å². The molecule has 2 nitrogen and oxygen atoms in total. The topological polar surface area (TPSA) is 30.0 Å². The second-order valence-electron chi connectivity index (χ2n) is 3.37. The summed E-state index contributed by atoms with van der Waals surface area (Å²) in [7, 11) is 0. The van der Waals surface area contributed by atoms with E-state index < -0.39 is 0 Å². The number of hydrogen-bond donors (Lipinski definition) is 0. The molecule has 78 valence electrons. The van der Waals surface area contributed by atoms with Crippen LogP contribution in [0.15, 0.2) is 48.8 Å². The Kier molecular flexibility index (Phi) is 3.24. The molecule has 0 N–H and O–H groups in total. The minimum atomic E-state index is 0.606. The number of pyridine rings is 1. The van der Waals surface area contributed by atoms with Crippen molar-refractivity contribution in [1.82, 2.24) is 4.98 Å². The Bertz CT molecular complexity index is 503. The molecule has 1 aromatic heterocycles. The predicted molar refractivity (Wildman–Crippen MR) is 65.0 cm³/mol. The molecule has 2 rings (SSSR count). The van der Waals surface area contributed by atoms with E-state index in [1.54, 1.807) is 12.4 Å². The van der Waals surface area contributed by atoms with Crippen LogP contribution in [0.3, 0.4) is 0 Å². The van der Waals surface area contributed by atoms with Crippen molar-refractivity contribution < 1.29 is 4.79 Å². The second-order valence-corrected chi connectivity index (χ2v) is 3.37. The Balaban J connectivity index is 2.27. The Morgan fingerprint density at radius 1 is 0.938 bits per heavy atom. The van der Waals surface area contributed by atoms with Gasteiger partial charge in [0.2, 0.25) is 0 Å². The normalized spacial score (nSPS) is 10.5. The first-order valence-corrected chi connectivity index (χ1v) is 5.02. The number of carbonyl (C=O) groups is 1. The van der Waals surface area contributed by atoms with Gasteiger partial charge in [0.1, 0.15) is 0 Å². The van der Waals surface area contributed by atoms with E-state index in [4.69, 9.17) is 0 Å². The lowest BCUT2D eigenvalue weighted by Crippen LogP contribution is -1.86. The zero-order valence-electron chi connectivity index (χ0n) is 8.71. The number of aromatic nitrogens is 1. The van der Waals surface area contributed by atoms with Crippen molar-refractivity contribution in [1.29, 1.82) is 0 Å². The van der Waals surface area contributed by atoms with E-state index >= 15 is 0 Å². The van der Waals surface area contributed by atoms with Gasteiger partial charge in [0.15, 0.2) is 6.29 Å². The molecule has 0 saturated heterocycles. The highest BCUT2D eigenvalue weighted by Gasteiger charge is 1.96. The van der Waals surface area contributed by atoms with Gasteiger partial charge in [-0.15, -0.1) is 0 Å². The van der Waals surface area contributed by atoms with Crippen molar-refractivity contribution in [3.8, 4) is 0 Å². The highest BCUT2D eigenvalue weighted by atomic mass is 16.1. The molecule has 0 unspecified atom stereocenters. The average Bonchev–Trinajstić information content (AvgIpc) is 2.38. The summed E-state index contributed by atoms with van der Waals surface area (Å²) in [6.45, 7) is 0. The summed E-state index contributed by atoms with van der Waals surface area (Å²) in [4.78, 5) is 14.7. The molecule has 2 heteroatoms. The number of rotatable bonds is 3. The third kappa shape index (κ3) is 2.42. The highest BCUT2D eigenvalue weighted by Crippen LogP contribution is 2.10. The maximum Gasteiger partial charge on any atom is 0.152 e. The molecular formula is C14H11NO. The predicted octanol–water partition coefficient (Wildman–Crippen LogP) is 3.06. The lowest BCUT2D eigenvalue weighted by atomic mass is 10.1. The summed E-state index contributed by atoms with van der Waals surface area (Å²) in [5.74, 6) is 0. The molecule has 0 spiro atoms. The lowest BCUT2D eigenvalue weighted by molar-refractivity contribution is 0.112. The van der Waals surface area contributed by atoms with Crippen molar-refractivity contribution in [2.45, 2.75) is 0 Å². The van der Waals surface area contributed by atoms with Crippen molar-refractivity contribution in [2.75, 3.05) is 0 Å². The molecule has 1 aromatic carbocycles. The van der Waals surface area contributed by atoms with Gasteiger partial charge in [0, 0.05) is 18.0 Å². The van der Waals surface area contributed by atoms with Crippen LogP contribution in [0.25, 0.3) is 12.2 Å². The van der Waals surface area contributed by atoms with Gasteiger partial charge in [0.25, 0.3) is 0 Å². The fourth-order valence-electron chi connectivity index (χ4n) is 1.42. The number of benzene rings is 1. The summed E-state index contributed by atoms with van der Waals surface area (Å²) >= 11 is 0. The van der Waals surface area contributed by atoms with Crippen LogP contribution in [0, 0.1) is 0 Å². The first-order chi connectivity index (χ1) is 7.90. The van der Waals surface area contributed by atoms with Gasteiger partial charge in [-0.3, -0.25) is 9.78 Å². The highest BCUT2D eigenvalue weighted by molar-refractivity contribution is 5.84. The van der Waals surface area contributed by atoms with E-state index in [-0.39, 0.29) is 0 Å². The summed E-state index contributed by atoms with van der Waals surface area (Å²) in [5, 5.41) is 0. The Morgan fingerprint density at radius 2 is 1.75 bits per heavy atom. The smallest absolute Gasteiger partial charge is 0.152 e. The largest absolute Gasteiger partial charge is 0.298 e. The average molecular weight is 209 g/mol. The lowest BCUT2D eigenvalue weighted by Gasteiger charge is -1.97. The fourth-order valence-corrected chi connectivity index (χ4v) is 1.42. The number of nitrogens with zero attached hydrogens (tertiary/aromatic N) is 1. The van der Waals surface area contributed by atoms with Gasteiger partial charge >= 0.3 is 0 Å². The van der Waals surface area contributed by atoms with E-state index in [9.17, 15) is 4.79 Å². The Labute approximate surface area is 94.3 Å². The van der Waals surface area contributed by atoms with Gasteiger partial charge in [-0.2, -0.15) is 0 Å². The minimum absolute atomic E-state index is 0.606. The van der Waals surface area contributed by atoms with Crippen molar-refractivity contribution in [3.05, 3.63) is 65.5 Å². The van der Waals surface area contributed by atoms with Gasteiger partial charge in [-0.05, 0) is 17.2 Å². The third-order valence-corrected chi connectivity index (χ3v) is 2.27. The monoisotopic (exact) mass is 209 g/mol. The maximum absolute atomic E-state index is 10.8. The van der Waals surface area contributed by atoms with Gasteiger partial charge in [-0.25, -0.2) is 0 Å². The number of aldehydes is 1. The first kappa shape index (κ1) is 10.3. The quantitative estimate of drug-likeness (QED) is 0.727. The number of hydrogen-bond acceptors (Lipinski definition) is 2. The minimum Gasteiger partial charge on any atom is -0.298 e. The van der Waals surface area contributed by atoms with E-state index in [0.717, 1.165) is 17.4 Å². The standard InChI is InChI=1S/C14H11NO/c16-11-14-10-15-9-8-13(14)7-6-12-4-2-1-3-5-12/h1-11H/b7-6+. The van der Waals surface area contributed by atoms with Crippen LogP contribution in [0.5, 0.6) is 0 Å². The molecule has 0 atom stereocenters. The van der Waals surface area contributed by atoms with Crippen LogP contribution in [-0.4, -0.2) is 11.3 Å². The molecule has 0 aliphatic heterocycles. The first-order valence-electron chi connectivity index (χ1n) is 5.02. The maximum atomic E-state index is 10.8. The third-order valence-electron chi connectivity index (χ3n) is 2.27. The van der Waals surface area contributed by atoms with Crippen LogP contribution in [-0.2, 0) is 0 Å². The van der Waals surface area contributed by atoms with Crippen molar-refractivity contribution >= 4 is 18.4 Å². The molecule has 16 heavy (non-hydrogen) atoms. The molecule has 0 fully saturated rings. The summed E-state index contributed by atoms with van der Waals surface area (Å²) in [5.41, 5.74) is 2.60. The zero-order chi connectivity index (χ0) is 11.2. The van der Waals surface area contributed by atoms with Gasteiger partial charge < -0.3 is 0 Å². The molecule has 0 bridgehead atoms. The molecule has 0 aliphatic carbocycles. The summed E-state index contributed by atoms with van der Waals surface area (Å²) < 4.78 is 0. The van der Waals surface area contributed by atoms with Crippen LogP contribution in [0.4, 0.5) is 0 Å². The SMILES string of the molecule is O=Cc1cnccc1/C=C/c1ccccc1. The fraction of sp³-hybridized carbons (Fsp3) is 0. The van der Waals surface area contributed by atoms with Crippen molar-refractivity contribution in [3.63, 3.8) is 0 Å². The van der Waals surface area contributed by atoms with E-state index in [0.29, 0.717) is 5.56 Å². The molecule has 1 heterocycles. The van der Waals surface area contributed by atoms with Crippen molar-refractivity contribution in [2.24, 2.45) is 0 Å². The molecule has 0 radical (unpaired) electrons. The van der Waals surface area contributed by atoms with Crippen LogP contribution in [0.1, 0.15) is 21.5 Å². The molecular weight excluding hydrogens is 198 g/mol. The molecule has 0 aliphatic rings. The van der Waals surface area contributed by atoms with E-state index in [2.05, 4.69) is 4.98 Å². The second kappa shape index (κ2) is 5.03. The molecule has 0 amide bonds. The molecule has 0 saturated carbocycles. The van der Waals surface area contributed by atoms with Crippen LogP contribution in [0.2, 0.25) is 0 Å². The van der Waals surface area contributed by atoms with Gasteiger partial charge in [-0.1, -0.05) is 42.5 Å². The number of carbonyl (C=O) groups excluding carboxylic acids is 1. The Hall–Kier alpha value is -2.22. The summed E-state index contributed by atoms with van der Waals surface area (Å²) in [6, 6.07) is 11.8. The van der Waals surface area contributed by atoms with Gasteiger partial charge in [0.05, 0.1) is 0 Å². The summed E-state index contributed by atoms with van der Waals surface area (Å²) in [6.07, 6.45) is 7.95. The van der Waals surface area contributed by atoms with Crippen LogP contribution >= 0.6 is 0 Å². The van der Waals surface area contributed by atoms with Crippen LogP contribution < -0.4 is 0 Å². The Morgan fingerprint density at radius 3 is 2.50 bits per heavy atom. The van der Waals surface area contributed by atoms with E-state index in [1.807, 2.05) is 48.6 Å². The molecule has 2 aromatic rings.